The Labute approximate surface area is 164 Å². The van der Waals surface area contributed by atoms with E-state index in [2.05, 4.69) is 14.5 Å². The zero-order valence-corrected chi connectivity index (χ0v) is 17.5. The number of carbonyl (C=O) groups is 1. The third-order valence-electron chi connectivity index (χ3n) is 5.00. The number of furan rings is 1. The third-order valence-corrected chi connectivity index (χ3v) is 5.96. The number of hydrogen-bond donors (Lipinski definition) is 0. The zero-order chi connectivity index (χ0) is 19.7. The van der Waals surface area contributed by atoms with Crippen molar-refractivity contribution < 1.29 is 9.21 Å². The fourth-order valence-corrected chi connectivity index (χ4v) is 4.01. The van der Waals surface area contributed by atoms with Gasteiger partial charge in [0, 0.05) is 28.3 Å². The van der Waals surface area contributed by atoms with Crippen LogP contribution in [0.5, 0.6) is 0 Å². The number of aromatic nitrogens is 3. The van der Waals surface area contributed by atoms with Crippen molar-refractivity contribution in [2.45, 2.75) is 58.5 Å². The Hall–Kier alpha value is -2.34. The van der Waals surface area contributed by atoms with Crippen LogP contribution in [-0.4, -0.2) is 25.6 Å². The van der Waals surface area contributed by atoms with E-state index in [-0.39, 0.29) is 11.0 Å². The lowest BCUT2D eigenvalue weighted by molar-refractivity contribution is 0.0993. The number of aryl methyl sites for hydroxylation is 3. The van der Waals surface area contributed by atoms with Gasteiger partial charge in [-0.25, -0.2) is 9.97 Å². The second kappa shape index (κ2) is 7.72. The molecule has 0 N–H and O–H groups in total. The summed E-state index contributed by atoms with van der Waals surface area (Å²) < 4.78 is 7.56. The molecule has 0 spiro atoms. The first-order chi connectivity index (χ1) is 12.8. The van der Waals surface area contributed by atoms with E-state index in [0.29, 0.717) is 11.7 Å². The average Bonchev–Trinajstić information content (AvgIpc) is 3.22. The summed E-state index contributed by atoms with van der Waals surface area (Å²) in [6.45, 7) is 12.5. The number of hydrogen-bond acceptors (Lipinski definition) is 5. The van der Waals surface area contributed by atoms with Gasteiger partial charge >= 0.3 is 0 Å². The number of carbonyl (C=O) groups excluding carboxylic acids is 1. The average molecular weight is 384 g/mol. The SMILES string of the molecule is Cc1nc(S[C@@H](C)C(=O)c2cc(C)n(Cc3ccco3)c2C)nc(C)c1C. The van der Waals surface area contributed by atoms with Crippen molar-refractivity contribution >= 4 is 17.5 Å². The largest absolute Gasteiger partial charge is 0.467 e. The van der Waals surface area contributed by atoms with E-state index in [1.54, 1.807) is 6.26 Å². The Morgan fingerprint density at radius 1 is 1.19 bits per heavy atom. The first-order valence-corrected chi connectivity index (χ1v) is 9.87. The number of rotatable bonds is 6. The maximum atomic E-state index is 13.1. The molecule has 0 aliphatic heterocycles. The molecular formula is C21H25N3O2S. The molecule has 0 saturated carbocycles. The molecule has 27 heavy (non-hydrogen) atoms. The van der Waals surface area contributed by atoms with Crippen molar-refractivity contribution in [3.8, 4) is 0 Å². The van der Waals surface area contributed by atoms with E-state index in [0.717, 1.165) is 39.7 Å². The van der Waals surface area contributed by atoms with E-state index in [4.69, 9.17) is 4.42 Å². The highest BCUT2D eigenvalue weighted by Crippen LogP contribution is 2.27. The van der Waals surface area contributed by atoms with Crippen LogP contribution in [0.25, 0.3) is 0 Å². The van der Waals surface area contributed by atoms with Gasteiger partial charge in [0.25, 0.3) is 0 Å². The standard InChI is InChI=1S/C21H25N3O2S/c1-12-10-19(16(5)24(12)11-18-8-7-9-26-18)20(25)17(6)27-21-22-14(3)13(2)15(4)23-21/h7-10,17H,11H2,1-6H3/t17-/m0/s1. The fraction of sp³-hybridized carbons (Fsp3) is 0.381. The van der Waals surface area contributed by atoms with Gasteiger partial charge in [-0.15, -0.1) is 0 Å². The van der Waals surface area contributed by atoms with Crippen LogP contribution < -0.4 is 0 Å². The molecule has 3 aromatic heterocycles. The molecule has 0 unspecified atom stereocenters. The van der Waals surface area contributed by atoms with Crippen LogP contribution in [0.1, 0.15) is 51.4 Å². The molecule has 0 aliphatic rings. The fourth-order valence-electron chi connectivity index (χ4n) is 3.08. The summed E-state index contributed by atoms with van der Waals surface area (Å²) in [7, 11) is 0. The maximum Gasteiger partial charge on any atom is 0.188 e. The molecule has 142 valence electrons. The minimum absolute atomic E-state index is 0.0956. The zero-order valence-electron chi connectivity index (χ0n) is 16.7. The molecule has 0 aliphatic carbocycles. The number of Topliss-reactive ketones (excluding diaryl/α,β-unsaturated/α-hetero) is 1. The highest BCUT2D eigenvalue weighted by atomic mass is 32.2. The van der Waals surface area contributed by atoms with Gasteiger partial charge in [-0.05, 0) is 65.3 Å². The van der Waals surface area contributed by atoms with Crippen LogP contribution in [-0.2, 0) is 6.54 Å². The van der Waals surface area contributed by atoms with Crippen molar-refractivity contribution in [3.63, 3.8) is 0 Å². The first-order valence-electron chi connectivity index (χ1n) is 8.99. The van der Waals surface area contributed by atoms with Gasteiger partial charge in [0.1, 0.15) is 5.76 Å². The Kier molecular flexibility index (Phi) is 5.56. The smallest absolute Gasteiger partial charge is 0.188 e. The number of thioether (sulfide) groups is 1. The highest BCUT2D eigenvalue weighted by molar-refractivity contribution is 8.00. The van der Waals surface area contributed by atoms with Crippen molar-refractivity contribution in [2.75, 3.05) is 0 Å². The molecule has 5 nitrogen and oxygen atoms in total. The van der Waals surface area contributed by atoms with Crippen molar-refractivity contribution in [1.29, 1.82) is 0 Å². The highest BCUT2D eigenvalue weighted by Gasteiger charge is 2.23. The normalized spacial score (nSPS) is 12.4. The summed E-state index contributed by atoms with van der Waals surface area (Å²) in [5.74, 6) is 0.968. The van der Waals surface area contributed by atoms with Crippen LogP contribution in [0.2, 0.25) is 0 Å². The summed E-state index contributed by atoms with van der Waals surface area (Å²) >= 11 is 1.41. The van der Waals surface area contributed by atoms with E-state index in [1.807, 2.05) is 59.7 Å². The summed E-state index contributed by atoms with van der Waals surface area (Å²) in [4.78, 5) is 22.1. The quantitative estimate of drug-likeness (QED) is 0.347. The maximum absolute atomic E-state index is 13.1. The van der Waals surface area contributed by atoms with E-state index < -0.39 is 0 Å². The second-order valence-electron chi connectivity index (χ2n) is 6.88. The summed E-state index contributed by atoms with van der Waals surface area (Å²) in [6, 6.07) is 5.78. The molecular weight excluding hydrogens is 358 g/mol. The van der Waals surface area contributed by atoms with Crippen molar-refractivity contribution in [1.82, 2.24) is 14.5 Å². The van der Waals surface area contributed by atoms with Gasteiger partial charge in [-0.1, -0.05) is 11.8 Å². The van der Waals surface area contributed by atoms with Crippen LogP contribution in [0.15, 0.2) is 34.0 Å². The summed E-state index contributed by atoms with van der Waals surface area (Å²) in [6.07, 6.45) is 1.67. The minimum Gasteiger partial charge on any atom is -0.467 e. The Morgan fingerprint density at radius 2 is 1.85 bits per heavy atom. The minimum atomic E-state index is -0.260. The van der Waals surface area contributed by atoms with Gasteiger partial charge in [0.05, 0.1) is 18.1 Å². The van der Waals surface area contributed by atoms with E-state index in [9.17, 15) is 4.79 Å². The van der Waals surface area contributed by atoms with E-state index >= 15 is 0 Å². The lowest BCUT2D eigenvalue weighted by atomic mass is 10.1. The molecule has 6 heteroatoms. The molecule has 0 radical (unpaired) electrons. The van der Waals surface area contributed by atoms with E-state index in [1.165, 1.54) is 11.8 Å². The predicted molar refractivity (Wildman–Crippen MR) is 108 cm³/mol. The molecule has 3 heterocycles. The van der Waals surface area contributed by atoms with Crippen LogP contribution in [0.4, 0.5) is 0 Å². The van der Waals surface area contributed by atoms with Gasteiger partial charge in [0.2, 0.25) is 0 Å². The Balaban J connectivity index is 1.81. The molecule has 0 saturated heterocycles. The Bertz CT molecular complexity index is 951. The Morgan fingerprint density at radius 3 is 2.44 bits per heavy atom. The molecule has 0 aromatic carbocycles. The second-order valence-corrected chi connectivity index (χ2v) is 8.18. The molecule has 0 fully saturated rings. The summed E-state index contributed by atoms with van der Waals surface area (Å²) in [5.41, 5.74) is 5.77. The first kappa shape index (κ1) is 19.4. The monoisotopic (exact) mass is 383 g/mol. The van der Waals surface area contributed by atoms with Crippen LogP contribution >= 0.6 is 11.8 Å². The van der Waals surface area contributed by atoms with Crippen molar-refractivity contribution in [3.05, 3.63) is 64.1 Å². The van der Waals surface area contributed by atoms with Gasteiger partial charge in [-0.3, -0.25) is 4.79 Å². The molecule has 0 amide bonds. The van der Waals surface area contributed by atoms with Crippen molar-refractivity contribution in [2.24, 2.45) is 0 Å². The third kappa shape index (κ3) is 4.00. The van der Waals surface area contributed by atoms with Gasteiger partial charge < -0.3 is 8.98 Å². The lowest BCUT2D eigenvalue weighted by Crippen LogP contribution is -2.16. The lowest BCUT2D eigenvalue weighted by Gasteiger charge is -2.12. The van der Waals surface area contributed by atoms with Gasteiger partial charge in [0.15, 0.2) is 10.9 Å². The van der Waals surface area contributed by atoms with Gasteiger partial charge in [-0.2, -0.15) is 0 Å². The van der Waals surface area contributed by atoms with Crippen LogP contribution in [0, 0.1) is 34.6 Å². The molecule has 3 aromatic rings. The molecule has 1 atom stereocenters. The topological polar surface area (TPSA) is 60.9 Å². The predicted octanol–water partition coefficient (Wildman–Crippen LogP) is 4.83. The molecule has 3 rings (SSSR count). The number of nitrogens with zero attached hydrogens (tertiary/aromatic N) is 3. The van der Waals surface area contributed by atoms with Crippen LogP contribution in [0.3, 0.4) is 0 Å². The number of ketones is 1. The summed E-state index contributed by atoms with van der Waals surface area (Å²) in [5, 5.41) is 0.393. The molecule has 0 bridgehead atoms.